The van der Waals surface area contributed by atoms with Crippen molar-refractivity contribution in [3.05, 3.63) is 65.7 Å². The van der Waals surface area contributed by atoms with Crippen LogP contribution in [0.25, 0.3) is 0 Å². The monoisotopic (exact) mass is 438 g/mol. The second-order valence-corrected chi connectivity index (χ2v) is 9.37. The lowest BCUT2D eigenvalue weighted by Gasteiger charge is -2.26. The molecule has 2 amide bonds. The molecule has 2 aliphatic heterocycles. The number of benzene rings is 2. The van der Waals surface area contributed by atoms with E-state index in [0.717, 1.165) is 37.6 Å². The molecule has 0 unspecified atom stereocenters. The van der Waals surface area contributed by atoms with E-state index in [0.29, 0.717) is 11.3 Å². The SMILES string of the molecule is CN1CC[C@H](NCC(=O)Nc2cccc(C(=O)N3CCSCC3)c2)[C@H]1c1ccccc1. The van der Waals surface area contributed by atoms with Gasteiger partial charge in [0.2, 0.25) is 5.91 Å². The van der Waals surface area contributed by atoms with Crippen LogP contribution in [-0.4, -0.2) is 72.4 Å². The van der Waals surface area contributed by atoms with Crippen LogP contribution in [0.15, 0.2) is 54.6 Å². The summed E-state index contributed by atoms with van der Waals surface area (Å²) in [6, 6.07) is 18.2. The average molecular weight is 439 g/mol. The molecule has 2 heterocycles. The van der Waals surface area contributed by atoms with Crippen LogP contribution in [0.4, 0.5) is 5.69 Å². The summed E-state index contributed by atoms with van der Waals surface area (Å²) in [5.74, 6) is 1.90. The average Bonchev–Trinajstić information content (AvgIpc) is 3.19. The van der Waals surface area contributed by atoms with Gasteiger partial charge in [0.25, 0.3) is 5.91 Å². The number of hydrogen-bond acceptors (Lipinski definition) is 5. The predicted molar refractivity (Wildman–Crippen MR) is 127 cm³/mol. The fourth-order valence-electron chi connectivity index (χ4n) is 4.41. The lowest BCUT2D eigenvalue weighted by atomic mass is 10.0. The highest BCUT2D eigenvalue weighted by molar-refractivity contribution is 7.99. The van der Waals surface area contributed by atoms with Crippen molar-refractivity contribution >= 4 is 29.3 Å². The summed E-state index contributed by atoms with van der Waals surface area (Å²) in [6.07, 6.45) is 1.00. The number of likely N-dealkylation sites (N-methyl/N-ethyl adjacent to an activating group) is 1. The molecule has 2 N–H and O–H groups in total. The Hall–Kier alpha value is -2.35. The van der Waals surface area contributed by atoms with Crippen molar-refractivity contribution in [2.45, 2.75) is 18.5 Å². The molecule has 2 aromatic rings. The minimum absolute atomic E-state index is 0.0363. The molecule has 0 spiro atoms. The van der Waals surface area contributed by atoms with Gasteiger partial charge in [0.15, 0.2) is 0 Å². The molecule has 0 bridgehead atoms. The van der Waals surface area contributed by atoms with Crippen molar-refractivity contribution in [1.82, 2.24) is 15.1 Å². The van der Waals surface area contributed by atoms with Crippen LogP contribution in [0.3, 0.4) is 0 Å². The van der Waals surface area contributed by atoms with Crippen LogP contribution in [-0.2, 0) is 4.79 Å². The van der Waals surface area contributed by atoms with E-state index in [4.69, 9.17) is 0 Å². The standard InChI is InChI=1S/C24H30N4O2S/c1-27-11-10-21(23(27)18-6-3-2-4-7-18)25-17-22(29)26-20-9-5-8-19(16-20)24(30)28-12-14-31-15-13-28/h2-9,16,21,23,25H,10-15,17H2,1H3,(H,26,29)/t21-,23+/m0/s1. The van der Waals surface area contributed by atoms with E-state index in [1.54, 1.807) is 6.07 Å². The van der Waals surface area contributed by atoms with Crippen LogP contribution in [0.5, 0.6) is 0 Å². The molecule has 2 fully saturated rings. The van der Waals surface area contributed by atoms with Gasteiger partial charge in [0.05, 0.1) is 6.54 Å². The number of carbonyl (C=O) groups excluding carboxylic acids is 2. The molecule has 2 atom stereocenters. The van der Waals surface area contributed by atoms with E-state index in [1.165, 1.54) is 5.56 Å². The normalized spacial score (nSPS) is 21.8. The molecule has 0 saturated carbocycles. The molecule has 164 valence electrons. The van der Waals surface area contributed by atoms with Crippen LogP contribution in [0, 0.1) is 0 Å². The van der Waals surface area contributed by atoms with Crippen LogP contribution >= 0.6 is 11.8 Å². The van der Waals surface area contributed by atoms with Gasteiger partial charge in [-0.05, 0) is 37.2 Å². The third-order valence-corrected chi connectivity index (χ3v) is 6.95. The largest absolute Gasteiger partial charge is 0.337 e. The maximum atomic E-state index is 12.7. The zero-order valence-electron chi connectivity index (χ0n) is 17.9. The van der Waals surface area contributed by atoms with E-state index in [2.05, 4.69) is 46.8 Å². The maximum absolute atomic E-state index is 12.7. The molecule has 4 rings (SSSR count). The number of amides is 2. The Morgan fingerprint density at radius 1 is 1.03 bits per heavy atom. The second-order valence-electron chi connectivity index (χ2n) is 8.15. The summed E-state index contributed by atoms with van der Waals surface area (Å²) < 4.78 is 0. The number of nitrogens with one attached hydrogen (secondary N) is 2. The van der Waals surface area contributed by atoms with Gasteiger partial charge in [0, 0.05) is 54.5 Å². The van der Waals surface area contributed by atoms with Gasteiger partial charge in [-0.2, -0.15) is 11.8 Å². The van der Waals surface area contributed by atoms with Crippen molar-refractivity contribution in [1.29, 1.82) is 0 Å². The van der Waals surface area contributed by atoms with Gasteiger partial charge in [0.1, 0.15) is 0 Å². The first kappa shape index (κ1) is 21.9. The highest BCUT2D eigenvalue weighted by atomic mass is 32.2. The fraction of sp³-hybridized carbons (Fsp3) is 0.417. The lowest BCUT2D eigenvalue weighted by molar-refractivity contribution is -0.115. The van der Waals surface area contributed by atoms with Crippen molar-refractivity contribution in [2.75, 3.05) is 50.0 Å². The first-order chi connectivity index (χ1) is 15.1. The Bertz CT molecular complexity index is 901. The summed E-state index contributed by atoms with van der Waals surface area (Å²) in [6.45, 7) is 2.80. The first-order valence-electron chi connectivity index (χ1n) is 10.9. The Kier molecular flexibility index (Phi) is 7.27. The van der Waals surface area contributed by atoms with Crippen molar-refractivity contribution < 1.29 is 9.59 Å². The summed E-state index contributed by atoms with van der Waals surface area (Å²) in [4.78, 5) is 29.5. The number of anilines is 1. The van der Waals surface area contributed by atoms with E-state index < -0.39 is 0 Å². The third kappa shape index (κ3) is 5.47. The molecule has 0 aromatic heterocycles. The van der Waals surface area contributed by atoms with E-state index >= 15 is 0 Å². The minimum Gasteiger partial charge on any atom is -0.337 e. The van der Waals surface area contributed by atoms with Crippen LogP contribution in [0.2, 0.25) is 0 Å². The molecule has 6 nitrogen and oxygen atoms in total. The summed E-state index contributed by atoms with van der Waals surface area (Å²) in [5, 5.41) is 6.38. The van der Waals surface area contributed by atoms with Gasteiger partial charge in [-0.1, -0.05) is 36.4 Å². The number of rotatable bonds is 6. The smallest absolute Gasteiger partial charge is 0.253 e. The minimum atomic E-state index is -0.0969. The summed E-state index contributed by atoms with van der Waals surface area (Å²) >= 11 is 1.88. The zero-order valence-corrected chi connectivity index (χ0v) is 18.7. The number of thioether (sulfide) groups is 1. The lowest BCUT2D eigenvalue weighted by Crippen LogP contribution is -2.39. The van der Waals surface area contributed by atoms with E-state index in [1.807, 2.05) is 40.9 Å². The van der Waals surface area contributed by atoms with Gasteiger partial charge >= 0.3 is 0 Å². The Morgan fingerprint density at radius 3 is 2.58 bits per heavy atom. The van der Waals surface area contributed by atoms with E-state index in [9.17, 15) is 9.59 Å². The predicted octanol–water partition coefficient (Wildman–Crippen LogP) is 2.85. The van der Waals surface area contributed by atoms with Gasteiger partial charge < -0.3 is 15.5 Å². The summed E-state index contributed by atoms with van der Waals surface area (Å²) in [5.41, 5.74) is 2.55. The highest BCUT2D eigenvalue weighted by Gasteiger charge is 2.32. The Labute approximate surface area is 188 Å². The molecule has 0 radical (unpaired) electrons. The fourth-order valence-corrected chi connectivity index (χ4v) is 5.31. The zero-order chi connectivity index (χ0) is 21.6. The topological polar surface area (TPSA) is 64.7 Å². The molecule has 2 aliphatic rings. The molecule has 2 aromatic carbocycles. The second kappa shape index (κ2) is 10.3. The van der Waals surface area contributed by atoms with Gasteiger partial charge in [-0.25, -0.2) is 0 Å². The third-order valence-electron chi connectivity index (χ3n) is 6.01. The number of carbonyl (C=O) groups is 2. The molecule has 31 heavy (non-hydrogen) atoms. The molecular weight excluding hydrogens is 408 g/mol. The Balaban J connectivity index is 1.33. The van der Waals surface area contributed by atoms with Crippen molar-refractivity contribution in [3.8, 4) is 0 Å². The Morgan fingerprint density at radius 2 is 1.81 bits per heavy atom. The number of hydrogen-bond donors (Lipinski definition) is 2. The molecule has 7 heteroatoms. The first-order valence-corrected chi connectivity index (χ1v) is 12.0. The van der Waals surface area contributed by atoms with Crippen LogP contribution in [0.1, 0.15) is 28.4 Å². The van der Waals surface area contributed by atoms with Gasteiger partial charge in [-0.3, -0.25) is 14.5 Å². The van der Waals surface area contributed by atoms with Crippen molar-refractivity contribution in [3.63, 3.8) is 0 Å². The molecule has 0 aliphatic carbocycles. The quantitative estimate of drug-likeness (QED) is 0.726. The molecular formula is C24H30N4O2S. The van der Waals surface area contributed by atoms with Crippen molar-refractivity contribution in [2.24, 2.45) is 0 Å². The highest BCUT2D eigenvalue weighted by Crippen LogP contribution is 2.30. The van der Waals surface area contributed by atoms with Crippen LogP contribution < -0.4 is 10.6 Å². The van der Waals surface area contributed by atoms with E-state index in [-0.39, 0.29) is 30.4 Å². The number of likely N-dealkylation sites (tertiary alicyclic amines) is 1. The maximum Gasteiger partial charge on any atom is 0.253 e. The summed E-state index contributed by atoms with van der Waals surface area (Å²) in [7, 11) is 2.13. The van der Waals surface area contributed by atoms with Gasteiger partial charge in [-0.15, -0.1) is 0 Å². The molecule has 2 saturated heterocycles. The number of nitrogens with zero attached hydrogens (tertiary/aromatic N) is 2.